The Bertz CT molecular complexity index is 384. The van der Waals surface area contributed by atoms with Gasteiger partial charge in [0.05, 0.1) is 0 Å². The summed E-state index contributed by atoms with van der Waals surface area (Å²) in [5.41, 5.74) is 5.36. The van der Waals surface area contributed by atoms with Crippen molar-refractivity contribution in [1.82, 2.24) is 4.98 Å². The number of nitrogens with two attached hydrogens (primary N) is 1. The molecule has 1 aromatic heterocycles. The summed E-state index contributed by atoms with van der Waals surface area (Å²) < 4.78 is 12.6. The quantitative estimate of drug-likeness (QED) is 0.586. The van der Waals surface area contributed by atoms with E-state index in [0.717, 1.165) is 12.3 Å². The highest BCUT2D eigenvalue weighted by molar-refractivity contribution is 5.79. The number of aliphatic hydroxyl groups excluding tert-OH is 2. The van der Waals surface area contributed by atoms with Crippen molar-refractivity contribution in [1.29, 1.82) is 0 Å². The fourth-order valence-electron chi connectivity index (χ4n) is 1.17. The van der Waals surface area contributed by atoms with Crippen LogP contribution in [0.3, 0.4) is 0 Å². The number of carbonyl (C=O) groups excluding carboxylic acids is 1. The summed E-state index contributed by atoms with van der Waals surface area (Å²) in [5, 5.41) is 18.7. The standard InChI is InChI=1S/C9H11FN2O3/c1-4-2-6(10)12-3-5(4)7(13)8(14)9(11)15/h2-3,7-8,13-14H,1H3,(H2,11,15). The summed E-state index contributed by atoms with van der Waals surface area (Å²) in [5.74, 6) is -1.75. The highest BCUT2D eigenvalue weighted by Crippen LogP contribution is 2.20. The highest BCUT2D eigenvalue weighted by atomic mass is 19.1. The molecule has 0 radical (unpaired) electrons. The van der Waals surface area contributed by atoms with Gasteiger partial charge >= 0.3 is 0 Å². The zero-order chi connectivity index (χ0) is 11.6. The molecule has 2 atom stereocenters. The topological polar surface area (TPSA) is 96.4 Å². The Labute approximate surface area is 85.4 Å². The van der Waals surface area contributed by atoms with Gasteiger partial charge in [-0.05, 0) is 18.6 Å². The lowest BCUT2D eigenvalue weighted by Crippen LogP contribution is -2.34. The molecule has 1 rings (SSSR count). The molecule has 0 fully saturated rings. The van der Waals surface area contributed by atoms with Crippen LogP contribution in [-0.4, -0.2) is 27.2 Å². The van der Waals surface area contributed by atoms with E-state index in [1.807, 2.05) is 0 Å². The Balaban J connectivity index is 3.01. The first-order valence-electron chi connectivity index (χ1n) is 4.21. The van der Waals surface area contributed by atoms with Crippen LogP contribution in [-0.2, 0) is 4.79 Å². The fraction of sp³-hybridized carbons (Fsp3) is 0.333. The van der Waals surface area contributed by atoms with E-state index < -0.39 is 24.1 Å². The van der Waals surface area contributed by atoms with Crippen molar-refractivity contribution in [3.05, 3.63) is 29.3 Å². The SMILES string of the molecule is Cc1cc(F)ncc1C(O)C(O)C(N)=O. The molecule has 0 aromatic carbocycles. The molecule has 82 valence electrons. The van der Waals surface area contributed by atoms with Crippen LogP contribution in [0.2, 0.25) is 0 Å². The van der Waals surface area contributed by atoms with Crippen molar-refractivity contribution in [2.75, 3.05) is 0 Å². The molecule has 0 aliphatic carbocycles. The van der Waals surface area contributed by atoms with Gasteiger partial charge in [0.25, 0.3) is 0 Å². The third kappa shape index (κ3) is 2.48. The molecule has 0 bridgehead atoms. The van der Waals surface area contributed by atoms with Crippen molar-refractivity contribution in [2.24, 2.45) is 5.73 Å². The van der Waals surface area contributed by atoms with Gasteiger partial charge in [-0.15, -0.1) is 0 Å². The minimum absolute atomic E-state index is 0.169. The van der Waals surface area contributed by atoms with Crippen LogP contribution < -0.4 is 5.73 Å². The monoisotopic (exact) mass is 214 g/mol. The van der Waals surface area contributed by atoms with Crippen LogP contribution >= 0.6 is 0 Å². The second-order valence-electron chi connectivity index (χ2n) is 3.16. The summed E-state index contributed by atoms with van der Waals surface area (Å²) in [6.07, 6.45) is -2.16. The molecule has 0 spiro atoms. The zero-order valence-corrected chi connectivity index (χ0v) is 8.01. The number of hydrogen-bond donors (Lipinski definition) is 3. The number of aromatic nitrogens is 1. The molecule has 5 nitrogen and oxygen atoms in total. The van der Waals surface area contributed by atoms with Crippen LogP contribution in [0, 0.1) is 12.9 Å². The van der Waals surface area contributed by atoms with Gasteiger partial charge < -0.3 is 15.9 Å². The molecule has 0 saturated heterocycles. The molecular formula is C9H11FN2O3. The Morgan fingerprint density at radius 2 is 2.20 bits per heavy atom. The number of aliphatic hydroxyl groups is 2. The lowest BCUT2D eigenvalue weighted by molar-refractivity contribution is -0.132. The zero-order valence-electron chi connectivity index (χ0n) is 8.01. The van der Waals surface area contributed by atoms with Crippen molar-refractivity contribution in [3.63, 3.8) is 0 Å². The Hall–Kier alpha value is -1.53. The molecule has 0 aliphatic rings. The number of nitrogens with zero attached hydrogens (tertiary/aromatic N) is 1. The van der Waals surface area contributed by atoms with Gasteiger partial charge in [0.15, 0.2) is 6.10 Å². The number of carbonyl (C=O) groups is 1. The van der Waals surface area contributed by atoms with Crippen molar-refractivity contribution in [3.8, 4) is 0 Å². The van der Waals surface area contributed by atoms with Crippen molar-refractivity contribution in [2.45, 2.75) is 19.1 Å². The van der Waals surface area contributed by atoms with E-state index in [0.29, 0.717) is 5.56 Å². The van der Waals surface area contributed by atoms with Gasteiger partial charge in [-0.3, -0.25) is 4.79 Å². The third-order valence-electron chi connectivity index (χ3n) is 2.03. The lowest BCUT2D eigenvalue weighted by atomic mass is 10.0. The molecule has 1 heterocycles. The predicted molar refractivity (Wildman–Crippen MR) is 49.1 cm³/mol. The maximum absolute atomic E-state index is 12.6. The Morgan fingerprint density at radius 1 is 1.60 bits per heavy atom. The molecular weight excluding hydrogens is 203 g/mol. The van der Waals surface area contributed by atoms with Gasteiger partial charge in [0, 0.05) is 11.8 Å². The first-order chi connectivity index (χ1) is 6.93. The Morgan fingerprint density at radius 3 is 2.67 bits per heavy atom. The summed E-state index contributed by atoms with van der Waals surface area (Å²) in [6, 6.07) is 1.09. The van der Waals surface area contributed by atoms with Gasteiger partial charge in [-0.1, -0.05) is 0 Å². The van der Waals surface area contributed by atoms with E-state index in [4.69, 9.17) is 5.73 Å². The molecule has 1 amide bonds. The average molecular weight is 214 g/mol. The number of amides is 1. The van der Waals surface area contributed by atoms with Crippen molar-refractivity contribution >= 4 is 5.91 Å². The molecule has 6 heteroatoms. The molecule has 15 heavy (non-hydrogen) atoms. The van der Waals surface area contributed by atoms with Crippen LogP contribution in [0.15, 0.2) is 12.3 Å². The summed E-state index contributed by atoms with van der Waals surface area (Å²) in [4.78, 5) is 13.9. The maximum atomic E-state index is 12.6. The molecule has 2 unspecified atom stereocenters. The molecule has 4 N–H and O–H groups in total. The van der Waals surface area contributed by atoms with Crippen LogP contribution in [0.5, 0.6) is 0 Å². The maximum Gasteiger partial charge on any atom is 0.249 e. The average Bonchev–Trinajstić information content (AvgIpc) is 2.15. The predicted octanol–water partition coefficient (Wildman–Crippen LogP) is -0.591. The van der Waals surface area contributed by atoms with Crippen LogP contribution in [0.4, 0.5) is 4.39 Å². The second-order valence-corrected chi connectivity index (χ2v) is 3.16. The third-order valence-corrected chi connectivity index (χ3v) is 2.03. The van der Waals surface area contributed by atoms with Gasteiger partial charge in [-0.2, -0.15) is 4.39 Å². The van der Waals surface area contributed by atoms with Gasteiger partial charge in [-0.25, -0.2) is 4.98 Å². The molecule has 0 saturated carbocycles. The highest BCUT2D eigenvalue weighted by Gasteiger charge is 2.25. The van der Waals surface area contributed by atoms with E-state index in [2.05, 4.69) is 4.98 Å². The molecule has 0 aliphatic heterocycles. The first-order valence-corrected chi connectivity index (χ1v) is 4.21. The lowest BCUT2D eigenvalue weighted by Gasteiger charge is -2.16. The van der Waals surface area contributed by atoms with E-state index >= 15 is 0 Å². The normalized spacial score (nSPS) is 14.7. The first kappa shape index (κ1) is 11.5. The smallest absolute Gasteiger partial charge is 0.249 e. The molecule has 1 aromatic rings. The second kappa shape index (κ2) is 4.33. The van der Waals surface area contributed by atoms with E-state index in [1.165, 1.54) is 6.92 Å². The summed E-state index contributed by atoms with van der Waals surface area (Å²) in [7, 11) is 0. The number of halogens is 1. The van der Waals surface area contributed by atoms with Gasteiger partial charge in [0.1, 0.15) is 6.10 Å². The number of rotatable bonds is 3. The van der Waals surface area contributed by atoms with Gasteiger partial charge in [0.2, 0.25) is 11.9 Å². The largest absolute Gasteiger partial charge is 0.385 e. The van der Waals surface area contributed by atoms with E-state index in [9.17, 15) is 19.4 Å². The summed E-state index contributed by atoms with van der Waals surface area (Å²) >= 11 is 0. The van der Waals surface area contributed by atoms with Crippen molar-refractivity contribution < 1.29 is 19.4 Å². The Kier molecular flexibility index (Phi) is 3.33. The number of pyridine rings is 1. The van der Waals surface area contributed by atoms with Crippen LogP contribution in [0.25, 0.3) is 0 Å². The minimum Gasteiger partial charge on any atom is -0.385 e. The van der Waals surface area contributed by atoms with E-state index in [-0.39, 0.29) is 5.56 Å². The number of primary amides is 1. The fourth-order valence-corrected chi connectivity index (χ4v) is 1.17. The number of aryl methyl sites for hydroxylation is 1. The minimum atomic E-state index is -1.73. The summed E-state index contributed by atoms with van der Waals surface area (Å²) in [6.45, 7) is 1.52. The number of hydrogen-bond acceptors (Lipinski definition) is 4. The van der Waals surface area contributed by atoms with E-state index in [1.54, 1.807) is 0 Å². The van der Waals surface area contributed by atoms with Crippen LogP contribution in [0.1, 0.15) is 17.2 Å².